The zero-order chi connectivity index (χ0) is 22.1. The fraction of sp³-hybridized carbons (Fsp3) is 0.0833. The fourth-order valence-corrected chi connectivity index (χ4v) is 3.33. The van der Waals surface area contributed by atoms with Crippen molar-refractivity contribution in [2.45, 2.75) is 13.1 Å². The van der Waals surface area contributed by atoms with E-state index in [0.717, 1.165) is 31.0 Å². The summed E-state index contributed by atoms with van der Waals surface area (Å²) in [6, 6.07) is 23.2. The maximum absolute atomic E-state index is 12.0. The molecule has 3 aromatic carbocycles. The maximum atomic E-state index is 12.0. The van der Waals surface area contributed by atoms with Gasteiger partial charge in [-0.3, -0.25) is 4.98 Å². The Bertz CT molecular complexity index is 1130. The molecule has 0 spiro atoms. The van der Waals surface area contributed by atoms with Gasteiger partial charge < -0.3 is 16.4 Å². The van der Waals surface area contributed by atoms with Gasteiger partial charge in [0.25, 0.3) is 0 Å². The predicted octanol–water partition coefficient (Wildman–Crippen LogP) is 6.23. The van der Waals surface area contributed by atoms with Gasteiger partial charge in [0.1, 0.15) is 0 Å². The second-order valence-electron chi connectivity index (χ2n) is 6.67. The van der Waals surface area contributed by atoms with Crippen molar-refractivity contribution in [2.75, 3.05) is 5.32 Å². The second kappa shape index (κ2) is 11.6. The van der Waals surface area contributed by atoms with Gasteiger partial charge in [-0.15, -0.1) is 0 Å². The van der Waals surface area contributed by atoms with Crippen LogP contribution in [0.4, 0.5) is 10.5 Å². The molecule has 0 fully saturated rings. The number of hydrogen-bond donors (Lipinski definition) is 3. The first-order chi connectivity index (χ1) is 15.0. The number of nitrogens with zero attached hydrogens (tertiary/aromatic N) is 1. The van der Waals surface area contributed by atoms with Gasteiger partial charge in [-0.05, 0) is 47.5 Å². The Labute approximate surface area is 198 Å². The van der Waals surface area contributed by atoms with Gasteiger partial charge in [-0.1, -0.05) is 68.3 Å². The lowest BCUT2D eigenvalue weighted by Crippen LogP contribution is -2.28. The number of halogens is 2. The first-order valence-corrected chi connectivity index (χ1v) is 11.2. The van der Waals surface area contributed by atoms with Gasteiger partial charge in [0.2, 0.25) is 0 Å². The Balaban J connectivity index is 0.000000254. The monoisotopic (exact) mass is 540 g/mol. The van der Waals surface area contributed by atoms with E-state index in [1.807, 2.05) is 72.8 Å². The summed E-state index contributed by atoms with van der Waals surface area (Å²) >= 11 is 6.72. The molecule has 31 heavy (non-hydrogen) atoms. The third-order valence-electron chi connectivity index (χ3n) is 4.44. The molecular weight excluding hydrogens is 520 g/mol. The van der Waals surface area contributed by atoms with Crippen LogP contribution in [0.1, 0.15) is 11.1 Å². The number of carbonyl (C=O) groups excluding carboxylic acids is 1. The van der Waals surface area contributed by atoms with E-state index in [-0.39, 0.29) is 6.03 Å². The summed E-state index contributed by atoms with van der Waals surface area (Å²) in [6.07, 6.45) is 3.49. The third kappa shape index (κ3) is 7.17. The van der Waals surface area contributed by atoms with E-state index in [4.69, 9.17) is 5.73 Å². The standard InChI is InChI=1S/C17H14BrN3O.C7H8BrN/c18-14-6-4-12(5-7-14)10-20-17(22)21-16-3-1-2-13-11-19-9-8-15(13)16;8-7-3-1-6(5-9)2-4-7/h1-9,11H,10H2,(H2,20,21,22);1-4H,5,9H2. The summed E-state index contributed by atoms with van der Waals surface area (Å²) in [5, 5.41) is 7.69. The number of rotatable bonds is 4. The maximum Gasteiger partial charge on any atom is 0.319 e. The van der Waals surface area contributed by atoms with Crippen LogP contribution in [0, 0.1) is 0 Å². The molecular formula is C24H22Br2N4O. The molecule has 0 aliphatic heterocycles. The Morgan fingerprint density at radius 1 is 0.871 bits per heavy atom. The van der Waals surface area contributed by atoms with Crippen molar-refractivity contribution in [3.8, 4) is 0 Å². The van der Waals surface area contributed by atoms with Crippen LogP contribution >= 0.6 is 31.9 Å². The van der Waals surface area contributed by atoms with Crippen molar-refractivity contribution in [1.82, 2.24) is 10.3 Å². The Morgan fingerprint density at radius 2 is 1.52 bits per heavy atom. The number of aromatic nitrogens is 1. The second-order valence-corrected chi connectivity index (χ2v) is 8.50. The predicted molar refractivity (Wildman–Crippen MR) is 134 cm³/mol. The lowest BCUT2D eigenvalue weighted by Gasteiger charge is -2.10. The van der Waals surface area contributed by atoms with Crippen molar-refractivity contribution in [1.29, 1.82) is 0 Å². The fourth-order valence-electron chi connectivity index (χ4n) is 2.80. The lowest BCUT2D eigenvalue weighted by molar-refractivity contribution is 0.252. The Kier molecular flexibility index (Phi) is 8.58. The molecule has 0 atom stereocenters. The number of fused-ring (bicyclic) bond motifs is 1. The molecule has 0 radical (unpaired) electrons. The number of anilines is 1. The molecule has 0 unspecified atom stereocenters. The van der Waals surface area contributed by atoms with E-state index in [2.05, 4.69) is 47.5 Å². The summed E-state index contributed by atoms with van der Waals surface area (Å²) in [7, 11) is 0. The first-order valence-electron chi connectivity index (χ1n) is 9.61. The molecule has 158 valence electrons. The summed E-state index contributed by atoms with van der Waals surface area (Å²) < 4.78 is 2.12. The van der Waals surface area contributed by atoms with E-state index < -0.39 is 0 Å². The van der Waals surface area contributed by atoms with Gasteiger partial charge in [0, 0.05) is 45.2 Å². The topological polar surface area (TPSA) is 80.0 Å². The number of benzene rings is 3. The van der Waals surface area contributed by atoms with Gasteiger partial charge in [0.05, 0.1) is 5.69 Å². The highest BCUT2D eigenvalue weighted by Crippen LogP contribution is 2.22. The largest absolute Gasteiger partial charge is 0.334 e. The van der Waals surface area contributed by atoms with Crippen LogP contribution in [0.15, 0.2) is 94.1 Å². The van der Waals surface area contributed by atoms with Crippen molar-refractivity contribution < 1.29 is 4.79 Å². The minimum Gasteiger partial charge on any atom is -0.334 e. The van der Waals surface area contributed by atoms with Crippen LogP contribution in [0.5, 0.6) is 0 Å². The van der Waals surface area contributed by atoms with E-state index in [9.17, 15) is 4.79 Å². The summed E-state index contributed by atoms with van der Waals surface area (Å²) in [5.41, 5.74) is 8.36. The molecule has 4 N–H and O–H groups in total. The van der Waals surface area contributed by atoms with E-state index in [0.29, 0.717) is 13.1 Å². The van der Waals surface area contributed by atoms with Crippen molar-refractivity contribution in [3.63, 3.8) is 0 Å². The van der Waals surface area contributed by atoms with Crippen molar-refractivity contribution in [3.05, 3.63) is 105 Å². The number of urea groups is 1. The van der Waals surface area contributed by atoms with E-state index in [1.54, 1.807) is 12.4 Å². The number of nitrogens with two attached hydrogens (primary N) is 1. The van der Waals surface area contributed by atoms with Crippen LogP contribution in [-0.4, -0.2) is 11.0 Å². The molecule has 0 aliphatic rings. The summed E-state index contributed by atoms with van der Waals surface area (Å²) in [5.74, 6) is 0. The Hall–Kier alpha value is -2.74. The highest BCUT2D eigenvalue weighted by Gasteiger charge is 2.05. The van der Waals surface area contributed by atoms with Gasteiger partial charge in [-0.2, -0.15) is 0 Å². The Morgan fingerprint density at radius 3 is 2.16 bits per heavy atom. The molecule has 0 aliphatic carbocycles. The van der Waals surface area contributed by atoms with Crippen molar-refractivity contribution >= 4 is 54.4 Å². The quantitative estimate of drug-likeness (QED) is 0.286. The number of amides is 2. The number of carbonyl (C=O) groups is 1. The minimum atomic E-state index is -0.229. The van der Waals surface area contributed by atoms with Crippen molar-refractivity contribution in [2.24, 2.45) is 5.73 Å². The minimum absolute atomic E-state index is 0.229. The molecule has 2 amide bonds. The molecule has 1 aromatic heterocycles. The number of nitrogens with one attached hydrogen (secondary N) is 2. The lowest BCUT2D eigenvalue weighted by atomic mass is 10.1. The molecule has 0 saturated carbocycles. The highest BCUT2D eigenvalue weighted by molar-refractivity contribution is 9.10. The van der Waals surface area contributed by atoms with Gasteiger partial charge >= 0.3 is 6.03 Å². The molecule has 7 heteroatoms. The first kappa shape index (κ1) is 22.9. The van der Waals surface area contributed by atoms with Crippen LogP contribution in [0.25, 0.3) is 10.8 Å². The normalized spacial score (nSPS) is 10.2. The average Bonchev–Trinajstić information content (AvgIpc) is 2.80. The summed E-state index contributed by atoms with van der Waals surface area (Å²) in [4.78, 5) is 16.1. The molecule has 0 bridgehead atoms. The SMILES string of the molecule is NCc1ccc(Br)cc1.O=C(NCc1ccc(Br)cc1)Nc1cccc2cnccc12. The third-order valence-corrected chi connectivity index (χ3v) is 5.50. The smallest absolute Gasteiger partial charge is 0.319 e. The van der Waals surface area contributed by atoms with Crippen LogP contribution in [-0.2, 0) is 13.1 Å². The average molecular weight is 542 g/mol. The molecule has 0 saturated heterocycles. The van der Waals surface area contributed by atoms with Crippen LogP contribution in [0.3, 0.4) is 0 Å². The molecule has 4 aromatic rings. The summed E-state index contributed by atoms with van der Waals surface area (Å²) in [6.45, 7) is 1.10. The van der Waals surface area contributed by atoms with Crippen LogP contribution in [0.2, 0.25) is 0 Å². The molecule has 1 heterocycles. The number of pyridine rings is 1. The zero-order valence-electron chi connectivity index (χ0n) is 16.7. The molecule has 4 rings (SSSR count). The van der Waals surface area contributed by atoms with Gasteiger partial charge in [-0.25, -0.2) is 4.79 Å². The van der Waals surface area contributed by atoms with Gasteiger partial charge in [0.15, 0.2) is 0 Å². The molecule has 5 nitrogen and oxygen atoms in total. The van der Waals surface area contributed by atoms with E-state index >= 15 is 0 Å². The van der Waals surface area contributed by atoms with Crippen LogP contribution < -0.4 is 16.4 Å². The van der Waals surface area contributed by atoms with E-state index in [1.165, 1.54) is 5.56 Å². The highest BCUT2D eigenvalue weighted by atomic mass is 79.9. The zero-order valence-corrected chi connectivity index (χ0v) is 19.9. The number of hydrogen-bond acceptors (Lipinski definition) is 3.